The van der Waals surface area contributed by atoms with Gasteiger partial charge in [-0.15, -0.1) is 0 Å². The lowest BCUT2D eigenvalue weighted by Crippen LogP contribution is -2.21. The van der Waals surface area contributed by atoms with E-state index in [4.69, 9.17) is 8.83 Å². The molecule has 0 amide bonds. The lowest BCUT2D eigenvalue weighted by Gasteiger charge is -2.21. The first kappa shape index (κ1) is 27.3. The molecule has 0 spiro atoms. The number of rotatable bonds is 8. The van der Waals surface area contributed by atoms with Crippen LogP contribution in [0.1, 0.15) is 38.8 Å². The summed E-state index contributed by atoms with van der Waals surface area (Å²) >= 11 is 0. The van der Waals surface area contributed by atoms with Crippen LogP contribution < -0.4 is 21.1 Å². The molecule has 0 bridgehead atoms. The van der Waals surface area contributed by atoms with Crippen molar-refractivity contribution in [2.45, 2.75) is 41.5 Å². The van der Waals surface area contributed by atoms with Crippen molar-refractivity contribution in [3.05, 3.63) is 92.6 Å². The molecule has 0 aliphatic heterocycles. The smallest absolute Gasteiger partial charge is 0.344 e. The normalized spacial score (nSPS) is 11.3. The number of benzene rings is 3. The second-order valence-electron chi connectivity index (χ2n) is 10.1. The largest absolute Gasteiger partial charge is 0.422 e. The monoisotopic (exact) mass is 536 g/mol. The Morgan fingerprint density at radius 2 is 0.975 bits per heavy atom. The number of hydrogen-bond acceptors (Lipinski definition) is 6. The third-order valence-corrected chi connectivity index (χ3v) is 8.00. The zero-order chi connectivity index (χ0) is 28.6. The summed E-state index contributed by atoms with van der Waals surface area (Å²) in [6.45, 7) is 15.8. The van der Waals surface area contributed by atoms with Crippen molar-refractivity contribution < 1.29 is 8.83 Å². The first-order valence-electron chi connectivity index (χ1n) is 14.1. The molecule has 0 atom stereocenters. The summed E-state index contributed by atoms with van der Waals surface area (Å²) in [6, 6.07) is 19.6. The minimum absolute atomic E-state index is 0.398. The molecule has 6 heteroatoms. The van der Waals surface area contributed by atoms with E-state index in [9.17, 15) is 9.59 Å². The molecule has 0 radical (unpaired) electrons. The zero-order valence-electron chi connectivity index (χ0n) is 24.1. The first-order chi connectivity index (χ1) is 19.3. The van der Waals surface area contributed by atoms with E-state index in [1.807, 2.05) is 62.4 Å². The minimum atomic E-state index is -0.398. The Balaban J connectivity index is 1.62. The van der Waals surface area contributed by atoms with Gasteiger partial charge in [0.2, 0.25) is 0 Å². The van der Waals surface area contributed by atoms with Gasteiger partial charge in [-0.1, -0.05) is 18.2 Å². The van der Waals surface area contributed by atoms with Gasteiger partial charge in [0.05, 0.1) is 11.1 Å². The van der Waals surface area contributed by atoms with E-state index >= 15 is 0 Å². The standard InChI is InChI=1S/C34H36N2O4/c1-7-35(8-2)25-14-16-27-21(5)31(33(37)39-29(27)19-25)23-12-11-13-24(18-23)32-22(6)28-17-15-26(36(9-3)10-4)20-30(28)40-34(32)38/h11-20H,7-10H2,1-6H3. The number of anilines is 2. The highest BCUT2D eigenvalue weighted by Crippen LogP contribution is 2.33. The second-order valence-corrected chi connectivity index (χ2v) is 10.1. The van der Waals surface area contributed by atoms with Crippen molar-refractivity contribution in [2.75, 3.05) is 36.0 Å². The van der Waals surface area contributed by atoms with E-state index in [1.54, 1.807) is 0 Å². The van der Waals surface area contributed by atoms with Gasteiger partial charge in [-0.05, 0) is 94.1 Å². The number of hydrogen-bond donors (Lipinski definition) is 0. The molecular formula is C34H36N2O4. The van der Waals surface area contributed by atoms with Gasteiger partial charge in [-0.2, -0.15) is 0 Å². The predicted octanol–water partition coefficient (Wildman–Crippen LogP) is 7.54. The Morgan fingerprint density at radius 3 is 1.35 bits per heavy atom. The van der Waals surface area contributed by atoms with E-state index in [0.717, 1.165) is 59.5 Å². The van der Waals surface area contributed by atoms with Gasteiger partial charge >= 0.3 is 11.3 Å². The fourth-order valence-electron chi connectivity index (χ4n) is 5.76. The van der Waals surface area contributed by atoms with Crippen LogP contribution in [0.3, 0.4) is 0 Å². The molecule has 3 aromatic carbocycles. The van der Waals surface area contributed by atoms with Crippen LogP contribution in [0.5, 0.6) is 0 Å². The molecule has 0 saturated carbocycles. The van der Waals surface area contributed by atoms with Gasteiger partial charge in [0.15, 0.2) is 0 Å². The fraction of sp³-hybridized carbons (Fsp3) is 0.294. The van der Waals surface area contributed by atoms with Crippen molar-refractivity contribution in [2.24, 2.45) is 0 Å². The molecule has 0 fully saturated rings. The molecule has 2 heterocycles. The summed E-state index contributed by atoms with van der Waals surface area (Å²) in [5.41, 5.74) is 6.49. The van der Waals surface area contributed by atoms with Crippen LogP contribution in [-0.2, 0) is 0 Å². The van der Waals surface area contributed by atoms with Gasteiger partial charge in [0, 0.05) is 60.5 Å². The van der Waals surface area contributed by atoms with Gasteiger partial charge in [0.1, 0.15) is 11.2 Å². The van der Waals surface area contributed by atoms with Crippen LogP contribution in [0.15, 0.2) is 79.1 Å². The Kier molecular flexibility index (Phi) is 7.53. The number of nitrogens with zero attached hydrogens (tertiary/aromatic N) is 2. The molecule has 0 N–H and O–H groups in total. The maximum absolute atomic E-state index is 13.3. The summed E-state index contributed by atoms with van der Waals surface area (Å²) in [4.78, 5) is 31.0. The first-order valence-corrected chi connectivity index (χ1v) is 14.1. The third kappa shape index (κ3) is 4.68. The average molecular weight is 537 g/mol. The maximum atomic E-state index is 13.3. The molecule has 0 unspecified atom stereocenters. The van der Waals surface area contributed by atoms with E-state index in [1.165, 1.54) is 0 Å². The van der Waals surface area contributed by atoms with Crippen LogP contribution in [0, 0.1) is 13.8 Å². The minimum Gasteiger partial charge on any atom is -0.422 e. The third-order valence-electron chi connectivity index (χ3n) is 8.00. The molecule has 2 aromatic heterocycles. The molecule has 0 saturated heterocycles. The van der Waals surface area contributed by atoms with Crippen molar-refractivity contribution >= 4 is 33.3 Å². The fourth-order valence-corrected chi connectivity index (χ4v) is 5.76. The number of aryl methyl sites for hydroxylation is 2. The van der Waals surface area contributed by atoms with Gasteiger partial charge in [-0.3, -0.25) is 0 Å². The second kappa shape index (κ2) is 11.0. The van der Waals surface area contributed by atoms with Crippen LogP contribution in [0.4, 0.5) is 11.4 Å². The number of fused-ring (bicyclic) bond motifs is 2. The van der Waals surface area contributed by atoms with Crippen LogP contribution in [-0.4, -0.2) is 26.2 Å². The van der Waals surface area contributed by atoms with E-state index in [0.29, 0.717) is 33.4 Å². The molecule has 206 valence electrons. The van der Waals surface area contributed by atoms with Gasteiger partial charge in [0.25, 0.3) is 0 Å². The van der Waals surface area contributed by atoms with Crippen molar-refractivity contribution in [3.63, 3.8) is 0 Å². The summed E-state index contributed by atoms with van der Waals surface area (Å²) in [5.74, 6) is 0. The lowest BCUT2D eigenvalue weighted by atomic mass is 9.94. The molecule has 5 rings (SSSR count). The zero-order valence-corrected chi connectivity index (χ0v) is 24.1. The van der Waals surface area contributed by atoms with Crippen LogP contribution >= 0.6 is 0 Å². The lowest BCUT2D eigenvalue weighted by molar-refractivity contribution is 0.562. The molecule has 40 heavy (non-hydrogen) atoms. The molecular weight excluding hydrogens is 500 g/mol. The molecule has 5 aromatic rings. The summed E-state index contributed by atoms with van der Waals surface area (Å²) in [6.07, 6.45) is 0. The van der Waals surface area contributed by atoms with Gasteiger partial charge in [-0.25, -0.2) is 9.59 Å². The van der Waals surface area contributed by atoms with Crippen LogP contribution in [0.2, 0.25) is 0 Å². The Labute approximate surface area is 234 Å². The highest BCUT2D eigenvalue weighted by Gasteiger charge is 2.18. The maximum Gasteiger partial charge on any atom is 0.344 e. The summed E-state index contributed by atoms with van der Waals surface area (Å²) in [7, 11) is 0. The van der Waals surface area contributed by atoms with E-state index < -0.39 is 11.3 Å². The Morgan fingerprint density at radius 1 is 0.575 bits per heavy atom. The van der Waals surface area contributed by atoms with E-state index in [-0.39, 0.29) is 0 Å². The molecule has 6 nitrogen and oxygen atoms in total. The van der Waals surface area contributed by atoms with Crippen LogP contribution in [0.25, 0.3) is 44.2 Å². The van der Waals surface area contributed by atoms with E-state index in [2.05, 4.69) is 49.6 Å². The summed E-state index contributed by atoms with van der Waals surface area (Å²) in [5, 5.41) is 1.78. The Bertz CT molecular complexity index is 1690. The van der Waals surface area contributed by atoms with Crippen molar-refractivity contribution in [1.82, 2.24) is 0 Å². The Hall–Kier alpha value is -4.32. The predicted molar refractivity (Wildman–Crippen MR) is 166 cm³/mol. The molecule has 0 aliphatic rings. The topological polar surface area (TPSA) is 66.9 Å². The van der Waals surface area contributed by atoms with Crippen molar-refractivity contribution in [3.8, 4) is 22.3 Å². The highest BCUT2D eigenvalue weighted by molar-refractivity contribution is 5.91. The quantitative estimate of drug-likeness (QED) is 0.191. The van der Waals surface area contributed by atoms with Crippen molar-refractivity contribution in [1.29, 1.82) is 0 Å². The van der Waals surface area contributed by atoms with Gasteiger partial charge < -0.3 is 18.6 Å². The molecule has 0 aliphatic carbocycles. The summed E-state index contributed by atoms with van der Waals surface area (Å²) < 4.78 is 11.7. The SMILES string of the molecule is CCN(CC)c1ccc2c(C)c(-c3cccc(-c4c(C)c5ccc(N(CC)CC)cc5oc4=O)c3)c(=O)oc2c1. The average Bonchev–Trinajstić information content (AvgIpc) is 2.94. The highest BCUT2D eigenvalue weighted by atomic mass is 16.4.